The second kappa shape index (κ2) is 8.28. The van der Waals surface area contributed by atoms with Crippen molar-refractivity contribution in [3.05, 3.63) is 57.0 Å². The number of fused-ring (bicyclic) bond motifs is 3. The number of thiophene rings is 1. The molecule has 2 heterocycles. The number of nitrogens with zero attached hydrogens (tertiary/aromatic N) is 2. The Morgan fingerprint density at radius 2 is 2.03 bits per heavy atom. The molecule has 6 nitrogen and oxygen atoms in total. The van der Waals surface area contributed by atoms with Crippen LogP contribution in [0.25, 0.3) is 10.2 Å². The van der Waals surface area contributed by atoms with Crippen molar-refractivity contribution in [3.63, 3.8) is 0 Å². The summed E-state index contributed by atoms with van der Waals surface area (Å²) in [6.45, 7) is 9.98. The van der Waals surface area contributed by atoms with Crippen molar-refractivity contribution < 1.29 is 9.59 Å². The number of benzene rings is 1. The fourth-order valence-corrected chi connectivity index (χ4v) is 5.64. The molecule has 2 atom stereocenters. The van der Waals surface area contributed by atoms with Gasteiger partial charge < -0.3 is 5.32 Å². The third kappa shape index (κ3) is 4.13. The monoisotopic (exact) mass is 451 g/mol. The molecule has 0 spiro atoms. The van der Waals surface area contributed by atoms with Crippen LogP contribution in [-0.2, 0) is 17.6 Å². The lowest BCUT2D eigenvalue weighted by Gasteiger charge is -2.33. The predicted octanol–water partition coefficient (Wildman–Crippen LogP) is 5.01. The van der Waals surface area contributed by atoms with Gasteiger partial charge in [-0.2, -0.15) is 0 Å². The number of aryl methyl sites for hydroxylation is 1. The number of Topliss-reactive ketones (excluding diaryl/α,β-unsaturated/α-hetero) is 1. The molecule has 0 radical (unpaired) electrons. The Bertz CT molecular complexity index is 1270. The van der Waals surface area contributed by atoms with Crippen LogP contribution in [0.2, 0.25) is 0 Å². The van der Waals surface area contributed by atoms with Crippen molar-refractivity contribution in [3.8, 4) is 0 Å². The van der Waals surface area contributed by atoms with Crippen LogP contribution < -0.4 is 10.9 Å². The molecule has 0 fully saturated rings. The van der Waals surface area contributed by atoms with Gasteiger partial charge in [0.25, 0.3) is 5.56 Å². The number of rotatable bonds is 4. The number of carbonyl (C=O) groups is 2. The molecule has 3 aromatic rings. The van der Waals surface area contributed by atoms with E-state index in [9.17, 15) is 14.4 Å². The van der Waals surface area contributed by atoms with Gasteiger partial charge in [0.05, 0.1) is 11.7 Å². The zero-order valence-electron chi connectivity index (χ0n) is 19.2. The fourth-order valence-electron chi connectivity index (χ4n) is 4.38. The van der Waals surface area contributed by atoms with E-state index in [0.29, 0.717) is 22.6 Å². The van der Waals surface area contributed by atoms with E-state index in [0.717, 1.165) is 29.7 Å². The van der Waals surface area contributed by atoms with Crippen LogP contribution in [-0.4, -0.2) is 21.2 Å². The second-order valence-electron chi connectivity index (χ2n) is 9.75. The summed E-state index contributed by atoms with van der Waals surface area (Å²) in [4.78, 5) is 44.4. The first-order valence-corrected chi connectivity index (χ1v) is 11.8. The van der Waals surface area contributed by atoms with Crippen molar-refractivity contribution >= 4 is 38.9 Å². The van der Waals surface area contributed by atoms with Crippen LogP contribution in [0.3, 0.4) is 0 Å². The predicted molar refractivity (Wildman–Crippen MR) is 129 cm³/mol. The maximum atomic E-state index is 13.4. The van der Waals surface area contributed by atoms with Crippen molar-refractivity contribution in [2.45, 2.75) is 59.9 Å². The summed E-state index contributed by atoms with van der Waals surface area (Å²) < 4.78 is 1.41. The Hall–Kier alpha value is -2.80. The number of anilines is 1. The SMILES string of the molecule is CC(=O)c1cccc(NC(=O)C(C)n2cnc3sc4c(c3c2=O)CCC(C(C)(C)C)C4)c1. The maximum Gasteiger partial charge on any atom is 0.263 e. The maximum absolute atomic E-state index is 13.4. The molecular weight excluding hydrogens is 422 g/mol. The number of amides is 1. The molecule has 1 aliphatic carbocycles. The number of nitrogens with one attached hydrogen (secondary N) is 1. The van der Waals surface area contributed by atoms with E-state index in [1.165, 1.54) is 22.7 Å². The molecule has 1 aromatic carbocycles. The molecule has 0 aliphatic heterocycles. The van der Waals surface area contributed by atoms with E-state index < -0.39 is 6.04 Å². The van der Waals surface area contributed by atoms with Crippen LogP contribution in [0.5, 0.6) is 0 Å². The Morgan fingerprint density at radius 3 is 2.72 bits per heavy atom. The number of hydrogen-bond donors (Lipinski definition) is 1. The summed E-state index contributed by atoms with van der Waals surface area (Å²) in [6.07, 6.45) is 4.38. The van der Waals surface area contributed by atoms with Gasteiger partial charge in [-0.3, -0.25) is 19.0 Å². The second-order valence-corrected chi connectivity index (χ2v) is 10.8. The molecule has 32 heavy (non-hydrogen) atoms. The minimum atomic E-state index is -0.734. The molecule has 7 heteroatoms. The van der Waals surface area contributed by atoms with E-state index in [1.54, 1.807) is 42.5 Å². The minimum absolute atomic E-state index is 0.0732. The summed E-state index contributed by atoms with van der Waals surface area (Å²) in [5.74, 6) is 0.183. The number of ketones is 1. The summed E-state index contributed by atoms with van der Waals surface area (Å²) >= 11 is 1.61. The third-order valence-corrected chi connectivity index (χ3v) is 7.71. The zero-order valence-corrected chi connectivity index (χ0v) is 20.0. The standard InChI is InChI=1S/C25H29N3O3S/c1-14(22(30)27-18-8-6-7-16(11-18)15(2)29)28-13-26-23-21(24(28)31)19-10-9-17(25(3,4)5)12-20(19)32-23/h6-8,11,13-14,17H,9-10,12H2,1-5H3,(H,27,30). The topological polar surface area (TPSA) is 81.1 Å². The highest BCUT2D eigenvalue weighted by Gasteiger charge is 2.32. The number of hydrogen-bond acceptors (Lipinski definition) is 5. The van der Waals surface area contributed by atoms with Gasteiger partial charge in [-0.05, 0) is 62.1 Å². The summed E-state index contributed by atoms with van der Waals surface area (Å²) in [6, 6.07) is 6.05. The first-order valence-electron chi connectivity index (χ1n) is 11.0. The molecule has 1 amide bonds. The van der Waals surface area contributed by atoms with Gasteiger partial charge in [0.1, 0.15) is 10.9 Å². The molecule has 4 rings (SSSR count). The Kier molecular flexibility index (Phi) is 5.79. The highest BCUT2D eigenvalue weighted by atomic mass is 32.1. The lowest BCUT2D eigenvalue weighted by molar-refractivity contribution is -0.118. The van der Waals surface area contributed by atoms with Crippen molar-refractivity contribution in [2.75, 3.05) is 5.32 Å². The fraction of sp³-hybridized carbons (Fsp3) is 0.440. The van der Waals surface area contributed by atoms with Gasteiger partial charge in [-0.25, -0.2) is 4.98 Å². The van der Waals surface area contributed by atoms with Gasteiger partial charge in [0.15, 0.2) is 5.78 Å². The highest BCUT2D eigenvalue weighted by molar-refractivity contribution is 7.18. The summed E-state index contributed by atoms with van der Waals surface area (Å²) in [5, 5.41) is 3.48. The zero-order chi connectivity index (χ0) is 23.2. The Labute approximate surface area is 191 Å². The largest absolute Gasteiger partial charge is 0.324 e. The molecule has 0 bridgehead atoms. The van der Waals surface area contributed by atoms with Gasteiger partial charge in [0.2, 0.25) is 5.91 Å². The number of carbonyl (C=O) groups excluding carboxylic acids is 2. The molecule has 0 saturated carbocycles. The summed E-state index contributed by atoms with van der Waals surface area (Å²) in [5.41, 5.74) is 2.22. The van der Waals surface area contributed by atoms with E-state index in [1.807, 2.05) is 0 Å². The van der Waals surface area contributed by atoms with Crippen LogP contribution >= 0.6 is 11.3 Å². The van der Waals surface area contributed by atoms with Crippen LogP contribution in [0.4, 0.5) is 5.69 Å². The van der Waals surface area contributed by atoms with Gasteiger partial charge in [-0.15, -0.1) is 11.3 Å². The van der Waals surface area contributed by atoms with Crippen molar-refractivity contribution in [1.82, 2.24) is 9.55 Å². The third-order valence-electron chi connectivity index (χ3n) is 6.55. The average molecular weight is 452 g/mol. The molecule has 0 saturated heterocycles. The van der Waals surface area contributed by atoms with E-state index in [4.69, 9.17) is 0 Å². The Balaban J connectivity index is 1.63. The van der Waals surface area contributed by atoms with Crippen molar-refractivity contribution in [2.24, 2.45) is 11.3 Å². The van der Waals surface area contributed by atoms with Crippen LogP contribution in [0.15, 0.2) is 35.4 Å². The van der Waals surface area contributed by atoms with Gasteiger partial charge >= 0.3 is 0 Å². The van der Waals surface area contributed by atoms with Crippen molar-refractivity contribution in [1.29, 1.82) is 0 Å². The normalized spacial score (nSPS) is 17.1. The molecule has 168 valence electrons. The molecular formula is C25H29N3O3S. The Morgan fingerprint density at radius 1 is 1.28 bits per heavy atom. The van der Waals surface area contributed by atoms with E-state index in [2.05, 4.69) is 31.1 Å². The number of aromatic nitrogens is 2. The van der Waals surface area contributed by atoms with E-state index in [-0.39, 0.29) is 22.7 Å². The van der Waals surface area contributed by atoms with Crippen LogP contribution in [0, 0.1) is 11.3 Å². The summed E-state index contributed by atoms with van der Waals surface area (Å²) in [7, 11) is 0. The molecule has 2 unspecified atom stereocenters. The first kappa shape index (κ1) is 22.4. The van der Waals surface area contributed by atoms with Gasteiger partial charge in [-0.1, -0.05) is 32.9 Å². The molecule has 2 aromatic heterocycles. The lowest BCUT2D eigenvalue weighted by atomic mass is 9.72. The van der Waals surface area contributed by atoms with Crippen LogP contribution in [0.1, 0.15) is 67.9 Å². The lowest BCUT2D eigenvalue weighted by Crippen LogP contribution is -2.32. The first-order chi connectivity index (χ1) is 15.1. The quantitative estimate of drug-likeness (QED) is 0.565. The van der Waals surface area contributed by atoms with Gasteiger partial charge in [0, 0.05) is 16.1 Å². The minimum Gasteiger partial charge on any atom is -0.324 e. The van der Waals surface area contributed by atoms with E-state index >= 15 is 0 Å². The molecule has 1 N–H and O–H groups in total. The average Bonchev–Trinajstić information content (AvgIpc) is 3.11. The molecule has 1 aliphatic rings. The highest BCUT2D eigenvalue weighted by Crippen LogP contribution is 2.42. The smallest absolute Gasteiger partial charge is 0.263 e.